The monoisotopic (exact) mass is 653 g/mol. The van der Waals surface area contributed by atoms with Gasteiger partial charge in [-0.05, 0) is 60.5 Å². The molecule has 9 nitrogen and oxygen atoms in total. The number of nitrogens with zero attached hydrogens (tertiary/aromatic N) is 3. The van der Waals surface area contributed by atoms with Gasteiger partial charge in [0, 0.05) is 63.3 Å². The number of amides is 2. The average Bonchev–Trinajstić information content (AvgIpc) is 3.11. The van der Waals surface area contributed by atoms with Crippen LogP contribution in [0.15, 0.2) is 108 Å². The number of piperidine rings is 1. The number of piperazine rings is 1. The standard InChI is InChI=1S/C37H43N5O4S/c1-40-22-24-42(25-23-40)37(28-38-36(44)31-13-6-3-7-14-31)18-20-41(21-19-37)35(43)27-34(30-11-4-2-5-12-30)39-47(45,46)33-17-16-29-10-8-9-15-32(29)26-33/h2-17,26,34,39H,18-25,27-28H2,1H3,(H,38,44). The van der Waals surface area contributed by atoms with Crippen molar-refractivity contribution >= 4 is 32.6 Å². The Hall–Kier alpha value is -4.09. The molecular formula is C37H43N5O4S. The van der Waals surface area contributed by atoms with Gasteiger partial charge in [0.2, 0.25) is 15.9 Å². The van der Waals surface area contributed by atoms with Crippen molar-refractivity contribution in [3.8, 4) is 0 Å². The lowest BCUT2D eigenvalue weighted by Crippen LogP contribution is -2.64. The summed E-state index contributed by atoms with van der Waals surface area (Å²) in [4.78, 5) is 33.7. The van der Waals surface area contributed by atoms with Crippen molar-refractivity contribution in [3.05, 3.63) is 114 Å². The van der Waals surface area contributed by atoms with E-state index in [1.165, 1.54) is 0 Å². The molecule has 47 heavy (non-hydrogen) atoms. The summed E-state index contributed by atoms with van der Waals surface area (Å²) in [5.41, 5.74) is 1.10. The summed E-state index contributed by atoms with van der Waals surface area (Å²) in [6.45, 7) is 5.28. The van der Waals surface area contributed by atoms with E-state index in [0.717, 1.165) is 55.4 Å². The summed E-state index contributed by atoms with van der Waals surface area (Å²) in [6.07, 6.45) is 1.44. The van der Waals surface area contributed by atoms with Gasteiger partial charge in [0.1, 0.15) is 0 Å². The summed E-state index contributed by atoms with van der Waals surface area (Å²) in [6, 6.07) is 30.5. The lowest BCUT2D eigenvalue weighted by molar-refractivity contribution is -0.134. The van der Waals surface area contributed by atoms with Crippen molar-refractivity contribution in [2.75, 3.05) is 52.9 Å². The molecule has 2 aliphatic heterocycles. The third kappa shape index (κ3) is 7.73. The zero-order valence-corrected chi connectivity index (χ0v) is 27.7. The van der Waals surface area contributed by atoms with Crippen LogP contribution in [0.3, 0.4) is 0 Å². The second kappa shape index (κ2) is 14.4. The lowest BCUT2D eigenvalue weighted by Gasteiger charge is -2.51. The first kappa shape index (κ1) is 32.8. The molecular weight excluding hydrogens is 611 g/mol. The maximum absolute atomic E-state index is 13.9. The molecule has 2 aliphatic rings. The van der Waals surface area contributed by atoms with E-state index in [-0.39, 0.29) is 28.7 Å². The summed E-state index contributed by atoms with van der Waals surface area (Å²) in [5.74, 6) is -0.192. The fraction of sp³-hybridized carbons (Fsp3) is 0.351. The summed E-state index contributed by atoms with van der Waals surface area (Å²) in [7, 11) is -1.80. The van der Waals surface area contributed by atoms with E-state index in [1.54, 1.807) is 18.2 Å². The molecule has 4 aromatic carbocycles. The van der Waals surface area contributed by atoms with Crippen molar-refractivity contribution in [2.45, 2.75) is 35.7 Å². The number of carbonyl (C=O) groups excluding carboxylic acids is 2. The molecule has 246 valence electrons. The van der Waals surface area contributed by atoms with Gasteiger partial charge in [-0.3, -0.25) is 14.5 Å². The van der Waals surface area contributed by atoms with Crippen molar-refractivity contribution < 1.29 is 18.0 Å². The molecule has 2 heterocycles. The maximum atomic E-state index is 13.9. The van der Waals surface area contributed by atoms with Crippen LogP contribution in [0.4, 0.5) is 0 Å². The Morgan fingerprint density at radius 1 is 0.766 bits per heavy atom. The topological polar surface area (TPSA) is 102 Å². The number of nitrogens with one attached hydrogen (secondary N) is 2. The second-order valence-electron chi connectivity index (χ2n) is 12.7. The highest BCUT2D eigenvalue weighted by molar-refractivity contribution is 7.89. The Labute approximate surface area is 277 Å². The molecule has 4 aromatic rings. The molecule has 0 aromatic heterocycles. The number of likely N-dealkylation sites (N-methyl/N-ethyl adjacent to an activating group) is 1. The molecule has 10 heteroatoms. The Balaban J connectivity index is 1.16. The summed E-state index contributed by atoms with van der Waals surface area (Å²) in [5, 5.41) is 4.98. The van der Waals surface area contributed by atoms with Crippen molar-refractivity contribution in [2.24, 2.45) is 0 Å². The van der Waals surface area contributed by atoms with E-state index in [9.17, 15) is 18.0 Å². The molecule has 2 N–H and O–H groups in total. The number of likely N-dealkylation sites (tertiary alicyclic amines) is 1. The summed E-state index contributed by atoms with van der Waals surface area (Å²) >= 11 is 0. The highest BCUT2D eigenvalue weighted by Gasteiger charge is 2.42. The van der Waals surface area contributed by atoms with Gasteiger partial charge in [-0.15, -0.1) is 0 Å². The number of hydrogen-bond acceptors (Lipinski definition) is 6. The van der Waals surface area contributed by atoms with Crippen LogP contribution in [-0.4, -0.2) is 93.3 Å². The quantitative estimate of drug-likeness (QED) is 0.265. The predicted octanol–water partition coefficient (Wildman–Crippen LogP) is 4.29. The zero-order chi connectivity index (χ0) is 32.9. The molecule has 6 rings (SSSR count). The van der Waals surface area contributed by atoms with Gasteiger partial charge in [-0.2, -0.15) is 0 Å². The average molecular weight is 654 g/mol. The van der Waals surface area contributed by atoms with E-state index >= 15 is 0 Å². The van der Waals surface area contributed by atoms with E-state index in [1.807, 2.05) is 89.8 Å². The molecule has 2 fully saturated rings. The van der Waals surface area contributed by atoms with E-state index in [4.69, 9.17) is 0 Å². The van der Waals surface area contributed by atoms with Gasteiger partial charge < -0.3 is 15.1 Å². The highest BCUT2D eigenvalue weighted by atomic mass is 32.2. The fourth-order valence-electron chi connectivity index (χ4n) is 6.80. The minimum absolute atomic E-state index is 0.00305. The van der Waals surface area contributed by atoms with Gasteiger partial charge in [-0.1, -0.05) is 78.9 Å². The third-order valence-electron chi connectivity index (χ3n) is 9.74. The Bertz CT molecular complexity index is 1790. The van der Waals surface area contributed by atoms with Gasteiger partial charge in [0.25, 0.3) is 5.91 Å². The Kier molecular flexibility index (Phi) is 10.0. The van der Waals surface area contributed by atoms with E-state index < -0.39 is 16.1 Å². The number of carbonyl (C=O) groups is 2. The van der Waals surface area contributed by atoms with E-state index in [0.29, 0.717) is 25.2 Å². The first-order chi connectivity index (χ1) is 22.7. The fourth-order valence-corrected chi connectivity index (χ4v) is 8.06. The molecule has 0 aliphatic carbocycles. The van der Waals surface area contributed by atoms with Crippen LogP contribution in [0.25, 0.3) is 10.8 Å². The molecule has 0 radical (unpaired) electrons. The van der Waals surface area contributed by atoms with E-state index in [2.05, 4.69) is 26.9 Å². The SMILES string of the molecule is CN1CCN(C2(CNC(=O)c3ccccc3)CCN(C(=O)CC(NS(=O)(=O)c3ccc4ccccc4c3)c3ccccc3)CC2)CC1. The first-order valence-corrected chi connectivity index (χ1v) is 17.8. The van der Waals surface area contributed by atoms with Crippen LogP contribution in [0.5, 0.6) is 0 Å². The van der Waals surface area contributed by atoms with Crippen LogP contribution >= 0.6 is 0 Å². The molecule has 1 unspecified atom stereocenters. The number of rotatable bonds is 10. The van der Waals surface area contributed by atoms with Crippen LogP contribution < -0.4 is 10.0 Å². The van der Waals surface area contributed by atoms with Crippen LogP contribution in [0.2, 0.25) is 0 Å². The minimum Gasteiger partial charge on any atom is -0.350 e. The molecule has 1 atom stereocenters. The van der Waals surface area contributed by atoms with Crippen LogP contribution in [-0.2, 0) is 14.8 Å². The normalized spacial score (nSPS) is 18.1. The third-order valence-corrected chi connectivity index (χ3v) is 11.2. The van der Waals surface area contributed by atoms with Crippen molar-refractivity contribution in [1.82, 2.24) is 24.7 Å². The van der Waals surface area contributed by atoms with Gasteiger partial charge >= 0.3 is 0 Å². The molecule has 0 saturated carbocycles. The van der Waals surface area contributed by atoms with Crippen LogP contribution in [0.1, 0.15) is 41.2 Å². The molecule has 0 bridgehead atoms. The Morgan fingerprint density at radius 3 is 2.06 bits per heavy atom. The number of sulfonamides is 1. The van der Waals surface area contributed by atoms with Gasteiger partial charge in [-0.25, -0.2) is 13.1 Å². The first-order valence-electron chi connectivity index (χ1n) is 16.3. The Morgan fingerprint density at radius 2 is 1.38 bits per heavy atom. The van der Waals surface area contributed by atoms with Gasteiger partial charge in [0.05, 0.1) is 10.9 Å². The molecule has 2 saturated heterocycles. The number of fused-ring (bicyclic) bond motifs is 1. The van der Waals surface area contributed by atoms with Crippen LogP contribution in [0, 0.1) is 0 Å². The van der Waals surface area contributed by atoms with Crippen molar-refractivity contribution in [3.63, 3.8) is 0 Å². The lowest BCUT2D eigenvalue weighted by atomic mass is 9.84. The van der Waals surface area contributed by atoms with Crippen molar-refractivity contribution in [1.29, 1.82) is 0 Å². The zero-order valence-electron chi connectivity index (χ0n) is 26.8. The smallest absolute Gasteiger partial charge is 0.251 e. The second-order valence-corrected chi connectivity index (χ2v) is 14.5. The minimum atomic E-state index is -3.92. The number of benzene rings is 4. The molecule has 0 spiro atoms. The largest absolute Gasteiger partial charge is 0.350 e. The molecule has 2 amide bonds. The number of hydrogen-bond donors (Lipinski definition) is 2. The summed E-state index contributed by atoms with van der Waals surface area (Å²) < 4.78 is 30.1. The maximum Gasteiger partial charge on any atom is 0.251 e. The highest BCUT2D eigenvalue weighted by Crippen LogP contribution is 2.31. The van der Waals surface area contributed by atoms with Gasteiger partial charge in [0.15, 0.2) is 0 Å². The predicted molar refractivity (Wildman–Crippen MR) is 184 cm³/mol.